The van der Waals surface area contributed by atoms with E-state index in [4.69, 9.17) is 14.2 Å². The standard InChI is InChI=1S/C23H20N2O4/c1-14-5-3-4-6-17(14)22(26)25-21-8-7-16(11-24-21)18-10-20-19(9-15(18)2)28-23(29-20)12-27-13-23/h3-11H,12-13H2,1-2H3,(H,24,25,26). The molecule has 2 aliphatic heterocycles. The molecular weight excluding hydrogens is 368 g/mol. The molecule has 1 amide bonds. The molecule has 29 heavy (non-hydrogen) atoms. The predicted octanol–water partition coefficient (Wildman–Crippen LogP) is 4.12. The molecule has 1 aromatic heterocycles. The molecule has 2 aromatic carbocycles. The molecule has 6 nitrogen and oxygen atoms in total. The van der Waals surface area contributed by atoms with Crippen molar-refractivity contribution in [3.05, 3.63) is 71.4 Å². The van der Waals surface area contributed by atoms with E-state index in [1.165, 1.54) is 0 Å². The fourth-order valence-corrected chi connectivity index (χ4v) is 3.58. The number of aromatic nitrogens is 1. The largest absolute Gasteiger partial charge is 0.444 e. The highest BCUT2D eigenvalue weighted by Gasteiger charge is 2.49. The molecule has 1 fully saturated rings. The van der Waals surface area contributed by atoms with Crippen molar-refractivity contribution < 1.29 is 19.0 Å². The molecule has 0 unspecified atom stereocenters. The molecular formula is C23H20N2O4. The smallest absolute Gasteiger partial charge is 0.298 e. The predicted molar refractivity (Wildman–Crippen MR) is 108 cm³/mol. The van der Waals surface area contributed by atoms with Gasteiger partial charge in [0.15, 0.2) is 11.5 Å². The molecule has 1 spiro atoms. The summed E-state index contributed by atoms with van der Waals surface area (Å²) in [6.45, 7) is 4.81. The lowest BCUT2D eigenvalue weighted by molar-refractivity contribution is -0.246. The number of carbonyl (C=O) groups excluding carboxylic acids is 1. The van der Waals surface area contributed by atoms with Crippen molar-refractivity contribution in [3.8, 4) is 22.6 Å². The fraction of sp³-hybridized carbons (Fsp3) is 0.217. The number of nitrogens with one attached hydrogen (secondary N) is 1. The lowest BCUT2D eigenvalue weighted by Gasteiger charge is -2.34. The number of hydrogen-bond acceptors (Lipinski definition) is 5. The SMILES string of the molecule is Cc1ccccc1C(=O)Nc1ccc(-c2cc3c(cc2C)OC2(COC2)O3)cn1. The Balaban J connectivity index is 1.37. The first kappa shape index (κ1) is 17.7. The van der Waals surface area contributed by atoms with E-state index in [-0.39, 0.29) is 5.91 Å². The number of hydrogen-bond donors (Lipinski definition) is 1. The van der Waals surface area contributed by atoms with Gasteiger partial charge in [0.25, 0.3) is 11.7 Å². The second-order valence-corrected chi connectivity index (χ2v) is 7.42. The summed E-state index contributed by atoms with van der Waals surface area (Å²) in [5.74, 6) is 1.13. The van der Waals surface area contributed by atoms with Gasteiger partial charge in [0.05, 0.1) is 0 Å². The van der Waals surface area contributed by atoms with Crippen LogP contribution < -0.4 is 14.8 Å². The average molecular weight is 388 g/mol. The third-order valence-corrected chi connectivity index (χ3v) is 5.23. The van der Waals surface area contributed by atoms with Gasteiger partial charge in [-0.2, -0.15) is 0 Å². The van der Waals surface area contributed by atoms with Crippen LogP contribution >= 0.6 is 0 Å². The van der Waals surface area contributed by atoms with Crippen LogP contribution in [0.1, 0.15) is 21.5 Å². The van der Waals surface area contributed by atoms with Crippen molar-refractivity contribution in [3.63, 3.8) is 0 Å². The Kier molecular flexibility index (Phi) is 4.03. The molecule has 2 aliphatic rings. The number of benzene rings is 2. The summed E-state index contributed by atoms with van der Waals surface area (Å²) in [4.78, 5) is 16.9. The molecule has 5 rings (SSSR count). The first-order valence-electron chi connectivity index (χ1n) is 9.47. The summed E-state index contributed by atoms with van der Waals surface area (Å²) >= 11 is 0. The molecule has 1 saturated heterocycles. The van der Waals surface area contributed by atoms with Crippen LogP contribution in [0.2, 0.25) is 0 Å². The first-order valence-corrected chi connectivity index (χ1v) is 9.47. The molecule has 0 bridgehead atoms. The van der Waals surface area contributed by atoms with Gasteiger partial charge < -0.3 is 19.5 Å². The minimum atomic E-state index is -0.657. The maximum Gasteiger partial charge on any atom is 0.298 e. The maximum atomic E-state index is 12.5. The summed E-state index contributed by atoms with van der Waals surface area (Å²) in [5.41, 5.74) is 4.57. The number of pyridine rings is 1. The topological polar surface area (TPSA) is 69.7 Å². The molecule has 1 N–H and O–H groups in total. The van der Waals surface area contributed by atoms with E-state index in [2.05, 4.69) is 10.3 Å². The van der Waals surface area contributed by atoms with Crippen LogP contribution in [0.25, 0.3) is 11.1 Å². The van der Waals surface area contributed by atoms with Gasteiger partial charge in [-0.15, -0.1) is 0 Å². The van der Waals surface area contributed by atoms with Gasteiger partial charge in [-0.3, -0.25) is 4.79 Å². The van der Waals surface area contributed by atoms with Crippen molar-refractivity contribution >= 4 is 11.7 Å². The van der Waals surface area contributed by atoms with Gasteiger partial charge in [0.2, 0.25) is 0 Å². The minimum absolute atomic E-state index is 0.171. The van der Waals surface area contributed by atoms with E-state index in [9.17, 15) is 4.79 Å². The number of amides is 1. The van der Waals surface area contributed by atoms with Crippen molar-refractivity contribution in [1.82, 2.24) is 4.98 Å². The van der Waals surface area contributed by atoms with Crippen molar-refractivity contribution in [2.24, 2.45) is 0 Å². The Labute approximate surface area is 168 Å². The molecule has 6 heteroatoms. The number of aryl methyl sites for hydroxylation is 2. The molecule has 3 aromatic rings. The Hall–Kier alpha value is -3.38. The Bertz CT molecular complexity index is 1100. The quantitative estimate of drug-likeness (QED) is 0.731. The van der Waals surface area contributed by atoms with Crippen LogP contribution in [0.4, 0.5) is 5.82 Å². The van der Waals surface area contributed by atoms with Crippen LogP contribution in [-0.4, -0.2) is 29.9 Å². The molecule has 0 atom stereocenters. The first-order chi connectivity index (χ1) is 14.0. The number of ether oxygens (including phenoxy) is 3. The van der Waals surface area contributed by atoms with Crippen LogP contribution in [0.3, 0.4) is 0 Å². The lowest BCUT2D eigenvalue weighted by Crippen LogP contribution is -2.56. The van der Waals surface area contributed by atoms with Gasteiger partial charge in [-0.25, -0.2) is 4.98 Å². The Morgan fingerprint density at radius 3 is 2.41 bits per heavy atom. The summed E-state index contributed by atoms with van der Waals surface area (Å²) in [5, 5.41) is 2.85. The summed E-state index contributed by atoms with van der Waals surface area (Å²) in [6, 6.07) is 15.2. The second kappa shape index (κ2) is 6.60. The van der Waals surface area contributed by atoms with E-state index in [0.717, 1.165) is 28.0 Å². The zero-order valence-corrected chi connectivity index (χ0v) is 16.2. The molecule has 146 valence electrons. The Morgan fingerprint density at radius 2 is 1.76 bits per heavy atom. The van der Waals surface area contributed by atoms with Gasteiger partial charge >= 0.3 is 0 Å². The number of carbonyl (C=O) groups is 1. The van der Waals surface area contributed by atoms with Gasteiger partial charge in [0.1, 0.15) is 19.0 Å². The van der Waals surface area contributed by atoms with E-state index in [0.29, 0.717) is 30.3 Å². The van der Waals surface area contributed by atoms with Crippen LogP contribution in [-0.2, 0) is 4.74 Å². The Morgan fingerprint density at radius 1 is 1.00 bits per heavy atom. The van der Waals surface area contributed by atoms with Crippen molar-refractivity contribution in [2.45, 2.75) is 19.6 Å². The average Bonchev–Trinajstić information content (AvgIpc) is 3.07. The number of fused-ring (bicyclic) bond motifs is 1. The third kappa shape index (κ3) is 3.11. The third-order valence-electron chi connectivity index (χ3n) is 5.23. The highest BCUT2D eigenvalue weighted by molar-refractivity contribution is 6.04. The van der Waals surface area contributed by atoms with Gasteiger partial charge in [-0.1, -0.05) is 18.2 Å². The zero-order chi connectivity index (χ0) is 20.0. The normalized spacial score (nSPS) is 15.8. The highest BCUT2D eigenvalue weighted by Crippen LogP contribution is 2.45. The van der Waals surface area contributed by atoms with E-state index in [1.807, 2.05) is 50.2 Å². The molecule has 3 heterocycles. The van der Waals surface area contributed by atoms with Gasteiger partial charge in [0, 0.05) is 17.3 Å². The molecule has 0 saturated carbocycles. The fourth-order valence-electron chi connectivity index (χ4n) is 3.58. The molecule has 0 aliphatic carbocycles. The van der Waals surface area contributed by atoms with E-state index < -0.39 is 5.79 Å². The van der Waals surface area contributed by atoms with Crippen molar-refractivity contribution in [2.75, 3.05) is 18.5 Å². The van der Waals surface area contributed by atoms with Crippen LogP contribution in [0, 0.1) is 13.8 Å². The second-order valence-electron chi connectivity index (χ2n) is 7.42. The number of anilines is 1. The van der Waals surface area contributed by atoms with Crippen LogP contribution in [0.5, 0.6) is 11.5 Å². The van der Waals surface area contributed by atoms with Crippen molar-refractivity contribution in [1.29, 1.82) is 0 Å². The maximum absolute atomic E-state index is 12.5. The van der Waals surface area contributed by atoms with Gasteiger partial charge in [-0.05, 0) is 60.9 Å². The highest BCUT2D eigenvalue weighted by atomic mass is 16.8. The summed E-state index contributed by atoms with van der Waals surface area (Å²) < 4.78 is 17.1. The summed E-state index contributed by atoms with van der Waals surface area (Å²) in [7, 11) is 0. The summed E-state index contributed by atoms with van der Waals surface area (Å²) in [6.07, 6.45) is 1.75. The monoisotopic (exact) mass is 388 g/mol. The molecule has 0 radical (unpaired) electrons. The number of nitrogens with zero attached hydrogens (tertiary/aromatic N) is 1. The van der Waals surface area contributed by atoms with E-state index >= 15 is 0 Å². The lowest BCUT2D eigenvalue weighted by atomic mass is 10.0. The minimum Gasteiger partial charge on any atom is -0.444 e. The van der Waals surface area contributed by atoms with Crippen LogP contribution in [0.15, 0.2) is 54.7 Å². The number of rotatable bonds is 3. The zero-order valence-electron chi connectivity index (χ0n) is 16.2. The van der Waals surface area contributed by atoms with E-state index in [1.54, 1.807) is 18.3 Å².